The number of rotatable bonds is 2. The maximum atomic E-state index is 12.8. The van der Waals surface area contributed by atoms with E-state index in [9.17, 15) is 9.90 Å². The summed E-state index contributed by atoms with van der Waals surface area (Å²) in [6.45, 7) is 6.56. The minimum Gasteiger partial charge on any atom is -0.508 e. The van der Waals surface area contributed by atoms with Gasteiger partial charge in [0.2, 0.25) is 0 Å². The van der Waals surface area contributed by atoms with Gasteiger partial charge in [0, 0.05) is 12.6 Å². The van der Waals surface area contributed by atoms with Crippen LogP contribution < -0.4 is 0 Å². The molecule has 1 heterocycles. The van der Waals surface area contributed by atoms with E-state index in [4.69, 9.17) is 4.74 Å². The number of fused-ring (bicyclic) bond motifs is 1. The average molecular weight is 345 g/mol. The summed E-state index contributed by atoms with van der Waals surface area (Å²) < 4.78 is 5.69. The lowest BCUT2D eigenvalue weighted by Crippen LogP contribution is -2.54. The standard InChI is InChI=1S/C21H31NO3/c1-21(2,3)25-20(24)22-13-12-16-6-4-5-7-18(16)19(22)14-15-8-10-17(23)11-9-15/h8-11,16,18-19,23H,4-7,12-14H2,1-3H3. The number of benzene rings is 1. The molecule has 0 bridgehead atoms. The summed E-state index contributed by atoms with van der Waals surface area (Å²) in [7, 11) is 0. The molecule has 4 nitrogen and oxygen atoms in total. The van der Waals surface area contributed by atoms with Crippen molar-refractivity contribution in [2.75, 3.05) is 6.54 Å². The summed E-state index contributed by atoms with van der Waals surface area (Å²) in [5.41, 5.74) is 0.700. The summed E-state index contributed by atoms with van der Waals surface area (Å²) in [5.74, 6) is 1.57. The quantitative estimate of drug-likeness (QED) is 0.841. The highest BCUT2D eigenvalue weighted by Crippen LogP contribution is 2.41. The highest BCUT2D eigenvalue weighted by Gasteiger charge is 2.42. The Labute approximate surface area is 151 Å². The molecule has 0 spiro atoms. The molecule has 138 valence electrons. The zero-order valence-electron chi connectivity index (χ0n) is 15.7. The van der Waals surface area contributed by atoms with Crippen LogP contribution >= 0.6 is 0 Å². The first-order chi connectivity index (χ1) is 11.8. The average Bonchev–Trinajstić information content (AvgIpc) is 2.55. The van der Waals surface area contributed by atoms with Gasteiger partial charge in [-0.2, -0.15) is 0 Å². The molecule has 0 aromatic heterocycles. The second kappa shape index (κ2) is 7.27. The van der Waals surface area contributed by atoms with Crippen molar-refractivity contribution >= 4 is 6.09 Å². The molecule has 1 aliphatic heterocycles. The first kappa shape index (κ1) is 18.1. The largest absolute Gasteiger partial charge is 0.508 e. The van der Waals surface area contributed by atoms with Gasteiger partial charge in [0.15, 0.2) is 0 Å². The number of carbonyl (C=O) groups is 1. The lowest BCUT2D eigenvalue weighted by atomic mass is 9.69. The van der Waals surface area contributed by atoms with Crippen LogP contribution in [-0.4, -0.2) is 34.3 Å². The van der Waals surface area contributed by atoms with E-state index < -0.39 is 5.60 Å². The summed E-state index contributed by atoms with van der Waals surface area (Å²) in [6.07, 6.45) is 6.82. The Morgan fingerprint density at radius 1 is 1.16 bits per heavy atom. The van der Waals surface area contributed by atoms with E-state index in [2.05, 4.69) is 0 Å². The molecule has 4 heteroatoms. The Bertz CT molecular complexity index is 590. The minimum atomic E-state index is -0.469. The predicted molar refractivity (Wildman–Crippen MR) is 98.6 cm³/mol. The molecule has 2 aliphatic rings. The number of likely N-dealkylation sites (tertiary alicyclic amines) is 1. The molecule has 1 aliphatic carbocycles. The minimum absolute atomic E-state index is 0.180. The third-order valence-corrected chi connectivity index (χ3v) is 5.61. The SMILES string of the molecule is CC(C)(C)OC(=O)N1CCC2CCCCC2C1Cc1ccc(O)cc1. The number of amides is 1. The molecule has 1 aromatic rings. The number of ether oxygens (including phenoxy) is 1. The lowest BCUT2D eigenvalue weighted by molar-refractivity contribution is -0.0187. The van der Waals surface area contributed by atoms with E-state index in [0.29, 0.717) is 5.92 Å². The molecule has 1 amide bonds. The highest BCUT2D eigenvalue weighted by atomic mass is 16.6. The number of phenols is 1. The summed E-state index contributed by atoms with van der Waals surface area (Å²) in [5, 5.41) is 9.53. The normalized spacial score (nSPS) is 26.8. The molecule has 0 radical (unpaired) electrons. The number of nitrogens with zero attached hydrogens (tertiary/aromatic N) is 1. The number of aromatic hydroxyl groups is 1. The Morgan fingerprint density at radius 3 is 2.52 bits per heavy atom. The zero-order chi connectivity index (χ0) is 18.0. The van der Waals surface area contributed by atoms with E-state index in [1.165, 1.54) is 31.2 Å². The van der Waals surface area contributed by atoms with E-state index >= 15 is 0 Å². The van der Waals surface area contributed by atoms with Gasteiger partial charge in [-0.05, 0) is 69.6 Å². The first-order valence-electron chi connectivity index (χ1n) is 9.61. The molecular weight excluding hydrogens is 314 g/mol. The van der Waals surface area contributed by atoms with Crippen molar-refractivity contribution in [3.05, 3.63) is 29.8 Å². The highest BCUT2D eigenvalue weighted by molar-refractivity contribution is 5.69. The van der Waals surface area contributed by atoms with Crippen LogP contribution in [0.25, 0.3) is 0 Å². The molecule has 3 unspecified atom stereocenters. The molecule has 3 atom stereocenters. The molecule has 1 saturated carbocycles. The van der Waals surface area contributed by atoms with Crippen LogP contribution in [0.15, 0.2) is 24.3 Å². The number of phenolic OH excluding ortho intramolecular Hbond substituents is 1. The third kappa shape index (κ3) is 4.47. The van der Waals surface area contributed by atoms with Gasteiger partial charge in [-0.1, -0.05) is 31.4 Å². The third-order valence-electron chi connectivity index (χ3n) is 5.61. The van der Waals surface area contributed by atoms with Crippen LogP contribution in [0.4, 0.5) is 4.79 Å². The van der Waals surface area contributed by atoms with Crippen molar-refractivity contribution in [3.8, 4) is 5.75 Å². The van der Waals surface area contributed by atoms with Crippen molar-refractivity contribution in [1.82, 2.24) is 4.90 Å². The topological polar surface area (TPSA) is 49.8 Å². The van der Waals surface area contributed by atoms with Crippen molar-refractivity contribution in [2.24, 2.45) is 11.8 Å². The second-order valence-corrected chi connectivity index (χ2v) is 8.61. The summed E-state index contributed by atoms with van der Waals surface area (Å²) in [6, 6.07) is 7.59. The van der Waals surface area contributed by atoms with Crippen molar-refractivity contribution < 1.29 is 14.6 Å². The molecule has 1 aromatic carbocycles. The van der Waals surface area contributed by atoms with Crippen LogP contribution in [-0.2, 0) is 11.2 Å². The van der Waals surface area contributed by atoms with E-state index in [1.807, 2.05) is 37.8 Å². The Morgan fingerprint density at radius 2 is 1.84 bits per heavy atom. The number of carbonyl (C=O) groups excluding carboxylic acids is 1. The van der Waals surface area contributed by atoms with Crippen LogP contribution in [0.1, 0.15) is 58.4 Å². The molecule has 3 rings (SSSR count). The zero-order valence-corrected chi connectivity index (χ0v) is 15.7. The van der Waals surface area contributed by atoms with Crippen molar-refractivity contribution in [1.29, 1.82) is 0 Å². The number of hydrogen-bond acceptors (Lipinski definition) is 3. The number of hydrogen-bond donors (Lipinski definition) is 1. The molecule has 25 heavy (non-hydrogen) atoms. The Kier molecular flexibility index (Phi) is 5.26. The van der Waals surface area contributed by atoms with Crippen molar-refractivity contribution in [3.63, 3.8) is 0 Å². The predicted octanol–water partition coefficient (Wildman–Crippen LogP) is 4.75. The van der Waals surface area contributed by atoms with Gasteiger partial charge >= 0.3 is 6.09 Å². The molecule has 2 fully saturated rings. The van der Waals surface area contributed by atoms with Gasteiger partial charge in [-0.15, -0.1) is 0 Å². The molecular formula is C21H31NO3. The van der Waals surface area contributed by atoms with Gasteiger partial charge in [-0.3, -0.25) is 0 Å². The van der Waals surface area contributed by atoms with Gasteiger partial charge in [-0.25, -0.2) is 4.79 Å². The molecule has 1 saturated heterocycles. The maximum Gasteiger partial charge on any atom is 0.410 e. The smallest absolute Gasteiger partial charge is 0.410 e. The van der Waals surface area contributed by atoms with E-state index in [1.54, 1.807) is 12.1 Å². The maximum absolute atomic E-state index is 12.8. The van der Waals surface area contributed by atoms with Crippen LogP contribution in [0.5, 0.6) is 5.75 Å². The fourth-order valence-electron chi connectivity index (χ4n) is 4.49. The fourth-order valence-corrected chi connectivity index (χ4v) is 4.49. The molecule has 1 N–H and O–H groups in total. The summed E-state index contributed by atoms with van der Waals surface area (Å²) >= 11 is 0. The van der Waals surface area contributed by atoms with Gasteiger partial charge < -0.3 is 14.7 Å². The Hall–Kier alpha value is -1.71. The van der Waals surface area contributed by atoms with Crippen molar-refractivity contribution in [2.45, 2.75) is 70.9 Å². The van der Waals surface area contributed by atoms with Gasteiger partial charge in [0.25, 0.3) is 0 Å². The van der Waals surface area contributed by atoms with Gasteiger partial charge in [0.1, 0.15) is 11.4 Å². The second-order valence-electron chi connectivity index (χ2n) is 8.61. The van der Waals surface area contributed by atoms with Crippen LogP contribution in [0, 0.1) is 11.8 Å². The lowest BCUT2D eigenvalue weighted by Gasteiger charge is -2.48. The van der Waals surface area contributed by atoms with Crippen LogP contribution in [0.3, 0.4) is 0 Å². The monoisotopic (exact) mass is 345 g/mol. The van der Waals surface area contributed by atoms with Gasteiger partial charge in [0.05, 0.1) is 0 Å². The fraction of sp³-hybridized carbons (Fsp3) is 0.667. The first-order valence-corrected chi connectivity index (χ1v) is 9.61. The summed E-state index contributed by atoms with van der Waals surface area (Å²) in [4.78, 5) is 14.8. The van der Waals surface area contributed by atoms with E-state index in [0.717, 1.165) is 25.3 Å². The Balaban J connectivity index is 1.81. The van der Waals surface area contributed by atoms with E-state index in [-0.39, 0.29) is 17.9 Å². The van der Waals surface area contributed by atoms with Crippen LogP contribution in [0.2, 0.25) is 0 Å². The number of piperidine rings is 1.